The molecule has 78 valence electrons. The van der Waals surface area contributed by atoms with Gasteiger partial charge in [-0.15, -0.1) is 0 Å². The molecule has 0 aromatic rings. The van der Waals surface area contributed by atoms with Gasteiger partial charge in [-0.3, -0.25) is 4.18 Å². The van der Waals surface area contributed by atoms with E-state index < -0.39 is 31.6 Å². The van der Waals surface area contributed by atoms with E-state index in [0.29, 0.717) is 0 Å². The SMILES string of the molecule is CS(=O)(=O)OC1CCS(=O)(=O)C1F. The van der Waals surface area contributed by atoms with Crippen molar-refractivity contribution in [1.29, 1.82) is 0 Å². The molecule has 0 bridgehead atoms. The van der Waals surface area contributed by atoms with Gasteiger partial charge in [-0.1, -0.05) is 0 Å². The second-order valence-electron chi connectivity index (χ2n) is 2.85. The van der Waals surface area contributed by atoms with Gasteiger partial charge in [0, 0.05) is 0 Å². The fourth-order valence-corrected chi connectivity index (χ4v) is 3.22. The molecule has 8 heteroatoms. The van der Waals surface area contributed by atoms with Gasteiger partial charge >= 0.3 is 0 Å². The molecule has 0 radical (unpaired) electrons. The molecule has 1 aliphatic rings. The highest BCUT2D eigenvalue weighted by Gasteiger charge is 2.43. The predicted octanol–water partition coefficient (Wildman–Crippen LogP) is -0.555. The lowest BCUT2D eigenvalue weighted by molar-refractivity contribution is 0.158. The Morgan fingerprint density at radius 1 is 1.46 bits per heavy atom. The van der Waals surface area contributed by atoms with E-state index in [-0.39, 0.29) is 12.2 Å². The van der Waals surface area contributed by atoms with Gasteiger partial charge in [-0.2, -0.15) is 8.42 Å². The Labute approximate surface area is 75.9 Å². The minimum Gasteiger partial charge on any atom is -0.263 e. The van der Waals surface area contributed by atoms with Crippen molar-refractivity contribution in [2.24, 2.45) is 0 Å². The summed E-state index contributed by atoms with van der Waals surface area (Å²) in [5.41, 5.74) is -2.22. The van der Waals surface area contributed by atoms with Crippen molar-refractivity contribution in [3.63, 3.8) is 0 Å². The Bertz CT molecular complexity index is 383. The van der Waals surface area contributed by atoms with Crippen molar-refractivity contribution < 1.29 is 25.4 Å². The summed E-state index contributed by atoms with van der Waals surface area (Å²) in [5.74, 6) is -0.367. The second kappa shape index (κ2) is 3.18. The van der Waals surface area contributed by atoms with Crippen molar-refractivity contribution in [3.8, 4) is 0 Å². The number of hydrogen-bond acceptors (Lipinski definition) is 5. The lowest BCUT2D eigenvalue weighted by atomic mass is 10.3. The first kappa shape index (κ1) is 10.9. The lowest BCUT2D eigenvalue weighted by Crippen LogP contribution is -2.26. The van der Waals surface area contributed by atoms with Gasteiger partial charge < -0.3 is 0 Å². The van der Waals surface area contributed by atoms with E-state index in [9.17, 15) is 21.2 Å². The largest absolute Gasteiger partial charge is 0.264 e. The van der Waals surface area contributed by atoms with E-state index in [1.54, 1.807) is 0 Å². The summed E-state index contributed by atoms with van der Waals surface area (Å²) in [6.45, 7) is 0. The molecular weight excluding hydrogens is 223 g/mol. The van der Waals surface area contributed by atoms with E-state index in [0.717, 1.165) is 6.26 Å². The molecule has 0 saturated carbocycles. The third-order valence-corrected chi connectivity index (χ3v) is 4.01. The van der Waals surface area contributed by atoms with Gasteiger partial charge in [0.05, 0.1) is 12.0 Å². The standard InChI is InChI=1S/C5H9FO5S2/c1-12(7,8)11-4-2-3-13(9,10)5(4)6/h4-5H,2-3H2,1H3. The molecule has 1 aliphatic heterocycles. The van der Waals surface area contributed by atoms with E-state index in [1.165, 1.54) is 0 Å². The van der Waals surface area contributed by atoms with E-state index in [1.807, 2.05) is 0 Å². The summed E-state index contributed by atoms with van der Waals surface area (Å²) in [4.78, 5) is 0. The molecule has 1 rings (SSSR count). The zero-order chi connectivity index (χ0) is 10.3. The minimum atomic E-state index is -3.80. The summed E-state index contributed by atoms with van der Waals surface area (Å²) in [5, 5.41) is 0. The van der Waals surface area contributed by atoms with Crippen molar-refractivity contribution >= 4 is 20.0 Å². The van der Waals surface area contributed by atoms with Crippen LogP contribution in [-0.2, 0) is 24.1 Å². The highest BCUT2D eigenvalue weighted by Crippen LogP contribution is 2.25. The van der Waals surface area contributed by atoms with Crippen LogP contribution in [0.5, 0.6) is 0 Å². The third kappa shape index (κ3) is 2.61. The first-order valence-corrected chi connectivity index (χ1v) is 6.99. The van der Waals surface area contributed by atoms with Crippen LogP contribution in [0.2, 0.25) is 0 Å². The smallest absolute Gasteiger partial charge is 0.263 e. The zero-order valence-corrected chi connectivity index (χ0v) is 8.44. The molecule has 13 heavy (non-hydrogen) atoms. The Morgan fingerprint density at radius 3 is 2.31 bits per heavy atom. The summed E-state index contributed by atoms with van der Waals surface area (Å²) < 4.78 is 59.9. The second-order valence-corrected chi connectivity index (χ2v) is 6.63. The van der Waals surface area contributed by atoms with Gasteiger partial charge in [0.2, 0.25) is 5.50 Å². The molecular formula is C5H9FO5S2. The molecule has 0 aliphatic carbocycles. The molecule has 0 spiro atoms. The molecule has 1 saturated heterocycles. The van der Waals surface area contributed by atoms with Crippen LogP contribution in [0.1, 0.15) is 6.42 Å². The number of sulfone groups is 1. The molecule has 2 unspecified atom stereocenters. The van der Waals surface area contributed by atoms with Crippen molar-refractivity contribution in [2.45, 2.75) is 18.0 Å². The highest BCUT2D eigenvalue weighted by atomic mass is 32.2. The summed E-state index contributed by atoms with van der Waals surface area (Å²) in [6, 6.07) is 0. The van der Waals surface area contributed by atoms with Crippen molar-refractivity contribution in [1.82, 2.24) is 0 Å². The zero-order valence-electron chi connectivity index (χ0n) is 6.80. The number of hydrogen-bond donors (Lipinski definition) is 0. The molecule has 0 aromatic heterocycles. The van der Waals surface area contributed by atoms with Crippen LogP contribution < -0.4 is 0 Å². The van der Waals surface area contributed by atoms with E-state index in [2.05, 4.69) is 4.18 Å². The maximum atomic E-state index is 12.9. The molecule has 0 amide bonds. The maximum Gasteiger partial charge on any atom is 0.264 e. The number of alkyl halides is 1. The van der Waals surface area contributed by atoms with Gasteiger partial charge in [-0.25, -0.2) is 12.8 Å². The average Bonchev–Trinajstić information content (AvgIpc) is 2.13. The number of halogens is 1. The van der Waals surface area contributed by atoms with Gasteiger partial charge in [0.1, 0.15) is 6.10 Å². The maximum absolute atomic E-state index is 12.9. The first-order valence-electron chi connectivity index (χ1n) is 3.46. The summed E-state index contributed by atoms with van der Waals surface area (Å²) in [7, 11) is -7.60. The fourth-order valence-electron chi connectivity index (χ4n) is 1.07. The molecule has 0 aromatic carbocycles. The molecule has 2 atom stereocenters. The Morgan fingerprint density at radius 2 is 2.00 bits per heavy atom. The molecule has 0 N–H and O–H groups in total. The summed E-state index contributed by atoms with van der Waals surface area (Å²) >= 11 is 0. The molecule has 1 fully saturated rings. The quantitative estimate of drug-likeness (QED) is 0.597. The molecule has 1 heterocycles. The van der Waals surface area contributed by atoms with Crippen LogP contribution in [-0.4, -0.2) is 40.5 Å². The van der Waals surface area contributed by atoms with Crippen LogP contribution in [0.3, 0.4) is 0 Å². The normalized spacial score (nSPS) is 33.4. The topological polar surface area (TPSA) is 77.5 Å². The first-order chi connectivity index (χ1) is 5.72. The van der Waals surface area contributed by atoms with E-state index in [4.69, 9.17) is 0 Å². The van der Waals surface area contributed by atoms with Crippen molar-refractivity contribution in [3.05, 3.63) is 0 Å². The lowest BCUT2D eigenvalue weighted by Gasteiger charge is -2.09. The van der Waals surface area contributed by atoms with Crippen LogP contribution in [0.4, 0.5) is 4.39 Å². The van der Waals surface area contributed by atoms with Gasteiger partial charge in [0.15, 0.2) is 9.84 Å². The monoisotopic (exact) mass is 232 g/mol. The summed E-state index contributed by atoms with van der Waals surface area (Å²) in [6.07, 6.45) is -0.735. The Hall–Kier alpha value is -0.210. The minimum absolute atomic E-state index is 0.115. The van der Waals surface area contributed by atoms with Gasteiger partial charge in [0.25, 0.3) is 10.1 Å². The average molecular weight is 232 g/mol. The number of rotatable bonds is 2. The fraction of sp³-hybridized carbons (Fsp3) is 1.00. The van der Waals surface area contributed by atoms with Crippen molar-refractivity contribution in [2.75, 3.05) is 12.0 Å². The predicted molar refractivity (Wildman–Crippen MR) is 43.0 cm³/mol. The highest BCUT2D eigenvalue weighted by molar-refractivity contribution is 7.92. The Balaban J connectivity index is 2.78. The van der Waals surface area contributed by atoms with Crippen LogP contribution in [0.25, 0.3) is 0 Å². The third-order valence-electron chi connectivity index (χ3n) is 1.62. The van der Waals surface area contributed by atoms with E-state index >= 15 is 0 Å². The van der Waals surface area contributed by atoms with Crippen LogP contribution in [0, 0.1) is 0 Å². The van der Waals surface area contributed by atoms with Crippen LogP contribution >= 0.6 is 0 Å². The van der Waals surface area contributed by atoms with Gasteiger partial charge in [-0.05, 0) is 6.42 Å². The van der Waals surface area contributed by atoms with Crippen LogP contribution in [0.15, 0.2) is 0 Å². The molecule has 5 nitrogen and oxygen atoms in total. The Kier molecular flexibility index (Phi) is 2.65.